The second-order valence-corrected chi connectivity index (χ2v) is 7.65. The molecule has 0 aliphatic carbocycles. The van der Waals surface area contributed by atoms with Crippen LogP contribution in [0.5, 0.6) is 0 Å². The lowest BCUT2D eigenvalue weighted by atomic mass is 10.0. The number of hydrogen-bond donors (Lipinski definition) is 0. The number of rotatable bonds is 3. The van der Waals surface area contributed by atoms with Crippen molar-refractivity contribution in [2.45, 2.75) is 33.4 Å². The monoisotopic (exact) mass is 387 g/mol. The van der Waals surface area contributed by atoms with Gasteiger partial charge in [0.15, 0.2) is 17.0 Å². The Balaban J connectivity index is 1.40. The van der Waals surface area contributed by atoms with E-state index < -0.39 is 0 Å². The molecule has 0 unspecified atom stereocenters. The number of nitrogens with zero attached hydrogens (tertiary/aromatic N) is 3. The van der Waals surface area contributed by atoms with E-state index in [9.17, 15) is 4.79 Å². The van der Waals surface area contributed by atoms with Gasteiger partial charge in [0.2, 0.25) is 0 Å². The summed E-state index contributed by atoms with van der Waals surface area (Å²) in [5, 5.41) is 0.678. The van der Waals surface area contributed by atoms with E-state index in [-0.39, 0.29) is 5.43 Å². The molecule has 0 radical (unpaired) electrons. The average Bonchev–Trinajstić information content (AvgIpc) is 3.24. The van der Waals surface area contributed by atoms with E-state index in [0.717, 1.165) is 35.3 Å². The Morgan fingerprint density at radius 1 is 1.21 bits per heavy atom. The fourth-order valence-electron chi connectivity index (χ4n) is 4.05. The first-order valence-corrected chi connectivity index (χ1v) is 9.71. The quantitative estimate of drug-likeness (QED) is 0.529. The number of aryl methyl sites for hydroxylation is 2. The van der Waals surface area contributed by atoms with Crippen LogP contribution in [0.3, 0.4) is 0 Å². The zero-order chi connectivity index (χ0) is 20.0. The first-order chi connectivity index (χ1) is 14.1. The van der Waals surface area contributed by atoms with Gasteiger partial charge in [-0.2, -0.15) is 0 Å². The van der Waals surface area contributed by atoms with E-state index in [0.29, 0.717) is 41.2 Å². The van der Waals surface area contributed by atoms with Gasteiger partial charge < -0.3 is 8.83 Å². The van der Waals surface area contributed by atoms with Crippen LogP contribution in [0.25, 0.3) is 22.6 Å². The van der Waals surface area contributed by atoms with Crippen LogP contribution in [-0.4, -0.2) is 21.4 Å². The number of furan rings is 1. The van der Waals surface area contributed by atoms with Crippen LogP contribution in [0.15, 0.2) is 56.6 Å². The summed E-state index contributed by atoms with van der Waals surface area (Å²) in [6.07, 6.45) is 5.90. The molecule has 0 spiro atoms. The Hall–Kier alpha value is -3.25. The van der Waals surface area contributed by atoms with Gasteiger partial charge in [-0.25, -0.2) is 9.97 Å². The van der Waals surface area contributed by atoms with Crippen molar-refractivity contribution in [3.05, 3.63) is 81.2 Å². The molecule has 0 amide bonds. The molecule has 0 saturated heterocycles. The van der Waals surface area contributed by atoms with Crippen LogP contribution in [0, 0.1) is 13.8 Å². The van der Waals surface area contributed by atoms with Crippen LogP contribution >= 0.6 is 0 Å². The third kappa shape index (κ3) is 3.25. The van der Waals surface area contributed by atoms with Gasteiger partial charge in [-0.05, 0) is 43.2 Å². The van der Waals surface area contributed by atoms with Gasteiger partial charge in [0.05, 0.1) is 23.6 Å². The van der Waals surface area contributed by atoms with Gasteiger partial charge in [0.1, 0.15) is 5.58 Å². The first-order valence-electron chi connectivity index (χ1n) is 9.71. The highest BCUT2D eigenvalue weighted by atomic mass is 16.3. The van der Waals surface area contributed by atoms with Crippen LogP contribution < -0.4 is 5.43 Å². The van der Waals surface area contributed by atoms with E-state index in [2.05, 4.69) is 14.9 Å². The normalized spacial score (nSPS) is 14.3. The number of aromatic nitrogens is 2. The summed E-state index contributed by atoms with van der Waals surface area (Å²) in [4.78, 5) is 24.4. The van der Waals surface area contributed by atoms with Crippen molar-refractivity contribution in [1.29, 1.82) is 0 Å². The lowest BCUT2D eigenvalue weighted by molar-refractivity contribution is 0.240. The summed E-state index contributed by atoms with van der Waals surface area (Å²) in [6, 6.07) is 7.63. The third-order valence-electron chi connectivity index (χ3n) is 5.44. The lowest BCUT2D eigenvalue weighted by Gasteiger charge is -2.27. The van der Waals surface area contributed by atoms with Crippen LogP contribution in [0.2, 0.25) is 0 Å². The molecule has 1 aromatic carbocycles. The molecule has 4 aromatic rings. The van der Waals surface area contributed by atoms with Crippen molar-refractivity contribution in [2.75, 3.05) is 6.54 Å². The fraction of sp³-hybridized carbons (Fsp3) is 0.261. The van der Waals surface area contributed by atoms with E-state index in [1.165, 1.54) is 0 Å². The minimum absolute atomic E-state index is 0.0546. The molecular weight excluding hydrogens is 366 g/mol. The number of hydrogen-bond acceptors (Lipinski definition) is 6. The van der Waals surface area contributed by atoms with Gasteiger partial charge in [-0.1, -0.05) is 6.07 Å². The Kier molecular flexibility index (Phi) is 4.28. The summed E-state index contributed by atoms with van der Waals surface area (Å²) >= 11 is 0. The van der Waals surface area contributed by atoms with Gasteiger partial charge >= 0.3 is 0 Å². The molecule has 0 atom stereocenters. The molecule has 3 aromatic heterocycles. The smallest absolute Gasteiger partial charge is 0.197 e. The summed E-state index contributed by atoms with van der Waals surface area (Å²) in [6.45, 7) is 6.04. The molecular formula is C23H21N3O3. The summed E-state index contributed by atoms with van der Waals surface area (Å²) in [5.41, 5.74) is 5.56. The van der Waals surface area contributed by atoms with Gasteiger partial charge in [-0.3, -0.25) is 9.69 Å². The zero-order valence-corrected chi connectivity index (χ0v) is 16.4. The van der Waals surface area contributed by atoms with Gasteiger partial charge in [0, 0.05) is 43.4 Å². The fourth-order valence-corrected chi connectivity index (χ4v) is 4.05. The lowest BCUT2D eigenvalue weighted by Crippen LogP contribution is -2.32. The minimum Gasteiger partial charge on any atom is -0.464 e. The molecule has 6 nitrogen and oxygen atoms in total. The van der Waals surface area contributed by atoms with Crippen molar-refractivity contribution in [3.8, 4) is 11.6 Å². The maximum absolute atomic E-state index is 13.0. The zero-order valence-electron chi connectivity index (χ0n) is 16.4. The van der Waals surface area contributed by atoms with Crippen molar-refractivity contribution in [2.24, 2.45) is 0 Å². The molecule has 6 heteroatoms. The Bertz CT molecular complexity index is 1260. The molecule has 29 heavy (non-hydrogen) atoms. The molecule has 4 heterocycles. The van der Waals surface area contributed by atoms with Crippen molar-refractivity contribution >= 4 is 11.0 Å². The molecule has 0 saturated carbocycles. The van der Waals surface area contributed by atoms with E-state index in [1.807, 2.05) is 44.3 Å². The molecule has 0 N–H and O–H groups in total. The Morgan fingerprint density at radius 3 is 2.93 bits per heavy atom. The molecule has 1 aliphatic heterocycles. The molecule has 0 fully saturated rings. The standard InChI is InChI=1S/C23H21N3O3/c1-14-8-15(2)21-20(9-14)29-13-17(22(21)27)12-26-6-5-18-16(11-26)10-24-23(25-18)19-4-3-7-28-19/h3-4,7-10,13H,5-6,11-12H2,1-2H3. The topological polar surface area (TPSA) is 72.4 Å². The summed E-state index contributed by atoms with van der Waals surface area (Å²) in [7, 11) is 0. The third-order valence-corrected chi connectivity index (χ3v) is 5.44. The van der Waals surface area contributed by atoms with E-state index >= 15 is 0 Å². The average molecular weight is 387 g/mol. The van der Waals surface area contributed by atoms with E-state index in [1.54, 1.807) is 12.5 Å². The Labute approximate surface area is 167 Å². The van der Waals surface area contributed by atoms with Gasteiger partial charge in [0.25, 0.3) is 0 Å². The first kappa shape index (κ1) is 17.8. The number of fused-ring (bicyclic) bond motifs is 2. The molecule has 1 aliphatic rings. The van der Waals surface area contributed by atoms with Crippen molar-refractivity contribution < 1.29 is 8.83 Å². The van der Waals surface area contributed by atoms with Crippen molar-refractivity contribution in [1.82, 2.24) is 14.9 Å². The predicted molar refractivity (Wildman–Crippen MR) is 110 cm³/mol. The van der Waals surface area contributed by atoms with Crippen molar-refractivity contribution in [3.63, 3.8) is 0 Å². The minimum atomic E-state index is 0.0546. The highest BCUT2D eigenvalue weighted by Gasteiger charge is 2.21. The largest absolute Gasteiger partial charge is 0.464 e. The SMILES string of the molecule is Cc1cc(C)c2c(=O)c(CN3CCc4nc(-c5ccco5)ncc4C3)coc2c1. The second kappa shape index (κ2) is 6.97. The van der Waals surface area contributed by atoms with E-state index in [4.69, 9.17) is 8.83 Å². The van der Waals surface area contributed by atoms with Gasteiger partial charge in [-0.15, -0.1) is 0 Å². The molecule has 0 bridgehead atoms. The Morgan fingerprint density at radius 2 is 2.10 bits per heavy atom. The maximum Gasteiger partial charge on any atom is 0.197 e. The predicted octanol–water partition coefficient (Wildman–Crippen LogP) is 4.02. The van der Waals surface area contributed by atoms with Crippen LogP contribution in [0.4, 0.5) is 0 Å². The summed E-state index contributed by atoms with van der Waals surface area (Å²) in [5.74, 6) is 1.29. The summed E-state index contributed by atoms with van der Waals surface area (Å²) < 4.78 is 11.2. The van der Waals surface area contributed by atoms with Crippen LogP contribution in [-0.2, 0) is 19.5 Å². The molecule has 5 rings (SSSR count). The maximum atomic E-state index is 13.0. The number of benzene rings is 1. The highest BCUT2D eigenvalue weighted by Crippen LogP contribution is 2.23. The molecule has 146 valence electrons. The highest BCUT2D eigenvalue weighted by molar-refractivity contribution is 5.81. The van der Waals surface area contributed by atoms with Crippen LogP contribution in [0.1, 0.15) is 27.9 Å². The second-order valence-electron chi connectivity index (χ2n) is 7.65.